The second-order valence-corrected chi connectivity index (χ2v) is 4.19. The lowest BCUT2D eigenvalue weighted by molar-refractivity contribution is 0.0630. The third-order valence-corrected chi connectivity index (χ3v) is 2.78. The van der Waals surface area contributed by atoms with Gasteiger partial charge in [-0.1, -0.05) is 13.8 Å². The van der Waals surface area contributed by atoms with E-state index in [-0.39, 0.29) is 24.7 Å². The summed E-state index contributed by atoms with van der Waals surface area (Å²) in [5.74, 6) is -2.97. The van der Waals surface area contributed by atoms with E-state index in [1.54, 1.807) is 13.8 Å². The molecule has 1 rings (SSSR count). The first kappa shape index (κ1) is 19.1. The molecule has 0 aliphatic heterocycles. The summed E-state index contributed by atoms with van der Waals surface area (Å²) in [6.45, 7) is 3.92. The number of aromatic carboxylic acids is 2. The molecule has 0 bridgehead atoms. The largest absolute Gasteiger partial charge is 0.475 e. The Bertz CT molecular complexity index is 422. The third-order valence-electron chi connectivity index (χ3n) is 2.78. The highest BCUT2D eigenvalue weighted by Crippen LogP contribution is 2.24. The van der Waals surface area contributed by atoms with Gasteiger partial charge in [0, 0.05) is 24.3 Å². The van der Waals surface area contributed by atoms with E-state index in [2.05, 4.69) is 0 Å². The van der Waals surface area contributed by atoms with Crippen molar-refractivity contribution in [1.29, 1.82) is 0 Å². The molecule has 1 aromatic heterocycles. The minimum absolute atomic E-state index is 0.195. The summed E-state index contributed by atoms with van der Waals surface area (Å²) in [4.78, 5) is 21.6. The fourth-order valence-electron chi connectivity index (χ4n) is 1.82. The average Bonchev–Trinajstić information content (AvgIpc) is 2.84. The van der Waals surface area contributed by atoms with E-state index in [1.165, 1.54) is 0 Å². The number of hydrogen-bond donors (Lipinski definition) is 4. The van der Waals surface area contributed by atoms with Crippen LogP contribution in [0.1, 0.15) is 58.9 Å². The van der Waals surface area contributed by atoms with Gasteiger partial charge < -0.3 is 24.8 Å². The summed E-state index contributed by atoms with van der Waals surface area (Å²) >= 11 is 0. The number of aliphatic hydroxyl groups is 2. The molecule has 120 valence electrons. The number of unbranched alkanes of at least 4 members (excludes halogenated alkanes) is 1. The molecule has 0 unspecified atom stereocenters. The first-order chi connectivity index (χ1) is 9.94. The number of rotatable bonds is 7. The van der Waals surface area contributed by atoms with E-state index in [0.29, 0.717) is 24.0 Å². The molecule has 1 aromatic rings. The van der Waals surface area contributed by atoms with Crippen molar-refractivity contribution in [2.24, 2.45) is 0 Å². The van der Waals surface area contributed by atoms with Gasteiger partial charge in [0.25, 0.3) is 0 Å². The van der Waals surface area contributed by atoms with Crippen molar-refractivity contribution >= 4 is 11.9 Å². The molecule has 0 aliphatic rings. The average molecular weight is 302 g/mol. The molecule has 0 aromatic carbocycles. The maximum Gasteiger partial charge on any atom is 0.372 e. The SMILES string of the molecule is CCc1c(C(=O)O)oc(C(=O)O)c1CC.OCCCCO. The van der Waals surface area contributed by atoms with Crippen molar-refractivity contribution in [2.75, 3.05) is 13.2 Å². The van der Waals surface area contributed by atoms with Crippen LogP contribution in [-0.2, 0) is 12.8 Å². The van der Waals surface area contributed by atoms with Gasteiger partial charge in [0.2, 0.25) is 11.5 Å². The van der Waals surface area contributed by atoms with E-state index >= 15 is 0 Å². The van der Waals surface area contributed by atoms with Crippen molar-refractivity contribution in [2.45, 2.75) is 39.5 Å². The Hall–Kier alpha value is -1.86. The number of carboxylic acids is 2. The van der Waals surface area contributed by atoms with Gasteiger partial charge in [0.15, 0.2) is 0 Å². The number of hydrogen-bond acceptors (Lipinski definition) is 5. The highest BCUT2D eigenvalue weighted by Gasteiger charge is 2.25. The van der Waals surface area contributed by atoms with Gasteiger partial charge in [-0.05, 0) is 25.7 Å². The second kappa shape index (κ2) is 9.95. The van der Waals surface area contributed by atoms with E-state index in [4.69, 9.17) is 24.8 Å². The van der Waals surface area contributed by atoms with Gasteiger partial charge in [-0.3, -0.25) is 0 Å². The first-order valence-corrected chi connectivity index (χ1v) is 6.77. The van der Waals surface area contributed by atoms with E-state index < -0.39 is 11.9 Å². The van der Waals surface area contributed by atoms with Crippen molar-refractivity contribution < 1.29 is 34.4 Å². The summed E-state index contributed by atoms with van der Waals surface area (Å²) in [6.07, 6.45) is 2.33. The van der Waals surface area contributed by atoms with Gasteiger partial charge in [0.05, 0.1) is 0 Å². The quantitative estimate of drug-likeness (QED) is 0.562. The summed E-state index contributed by atoms with van der Waals surface area (Å²) in [5, 5.41) is 33.8. The third kappa shape index (κ3) is 5.57. The molecule has 7 nitrogen and oxygen atoms in total. The van der Waals surface area contributed by atoms with E-state index in [1.807, 2.05) is 0 Å². The summed E-state index contributed by atoms with van der Waals surface area (Å²) in [6, 6.07) is 0. The predicted molar refractivity (Wildman–Crippen MR) is 74.8 cm³/mol. The predicted octanol–water partition coefficient (Wildman–Crippen LogP) is 1.55. The Morgan fingerprint density at radius 1 is 0.857 bits per heavy atom. The summed E-state index contributed by atoms with van der Waals surface area (Å²) < 4.78 is 4.85. The molecule has 0 amide bonds. The van der Waals surface area contributed by atoms with Crippen molar-refractivity contribution in [3.05, 3.63) is 22.6 Å². The normalized spacial score (nSPS) is 9.90. The Morgan fingerprint density at radius 2 is 1.19 bits per heavy atom. The molecule has 0 saturated heterocycles. The summed E-state index contributed by atoms with van der Waals surface area (Å²) in [7, 11) is 0. The van der Waals surface area contributed by atoms with Crippen LogP contribution in [0.4, 0.5) is 0 Å². The number of carboxylic acid groups (broad SMARTS) is 2. The van der Waals surface area contributed by atoms with Crippen LogP contribution < -0.4 is 0 Å². The van der Waals surface area contributed by atoms with Gasteiger partial charge in [-0.2, -0.15) is 0 Å². The van der Waals surface area contributed by atoms with E-state index in [0.717, 1.165) is 12.8 Å². The van der Waals surface area contributed by atoms with Crippen molar-refractivity contribution in [3.8, 4) is 0 Å². The van der Waals surface area contributed by atoms with Crippen LogP contribution in [0.2, 0.25) is 0 Å². The van der Waals surface area contributed by atoms with Crippen LogP contribution >= 0.6 is 0 Å². The fourth-order valence-corrected chi connectivity index (χ4v) is 1.82. The van der Waals surface area contributed by atoms with E-state index in [9.17, 15) is 9.59 Å². The Balaban J connectivity index is 0.000000567. The maximum atomic E-state index is 10.8. The van der Waals surface area contributed by atoms with Crippen LogP contribution in [0.3, 0.4) is 0 Å². The lowest BCUT2D eigenvalue weighted by Gasteiger charge is -1.97. The van der Waals surface area contributed by atoms with Crippen molar-refractivity contribution in [1.82, 2.24) is 0 Å². The second-order valence-electron chi connectivity index (χ2n) is 4.19. The van der Waals surface area contributed by atoms with Crippen molar-refractivity contribution in [3.63, 3.8) is 0 Å². The first-order valence-electron chi connectivity index (χ1n) is 6.77. The standard InChI is InChI=1S/C10H12O5.C4H10O2/c1-3-5-6(4-2)8(10(13)14)15-7(5)9(11)12;5-3-1-2-4-6/h3-4H2,1-2H3,(H,11,12)(H,13,14);5-6H,1-4H2. The molecule has 0 saturated carbocycles. The highest BCUT2D eigenvalue weighted by atomic mass is 16.4. The zero-order chi connectivity index (χ0) is 16.4. The maximum absolute atomic E-state index is 10.8. The Kier molecular flexibility index (Phi) is 9.07. The zero-order valence-corrected chi connectivity index (χ0v) is 12.3. The molecule has 0 spiro atoms. The Morgan fingerprint density at radius 3 is 1.38 bits per heavy atom. The molecule has 4 N–H and O–H groups in total. The van der Waals surface area contributed by atoms with Gasteiger partial charge in [-0.15, -0.1) is 0 Å². The smallest absolute Gasteiger partial charge is 0.372 e. The topological polar surface area (TPSA) is 128 Å². The lowest BCUT2D eigenvalue weighted by atomic mass is 10.0. The minimum atomic E-state index is -1.23. The van der Waals surface area contributed by atoms with Crippen LogP contribution in [0.5, 0.6) is 0 Å². The van der Waals surface area contributed by atoms with Crippen LogP contribution in [-0.4, -0.2) is 45.6 Å². The molecular weight excluding hydrogens is 280 g/mol. The highest BCUT2D eigenvalue weighted by molar-refractivity contribution is 5.92. The monoisotopic (exact) mass is 302 g/mol. The molecule has 7 heteroatoms. The lowest BCUT2D eigenvalue weighted by Crippen LogP contribution is -2.00. The van der Waals surface area contributed by atoms with Gasteiger partial charge >= 0.3 is 11.9 Å². The van der Waals surface area contributed by atoms with Gasteiger partial charge in [0.1, 0.15) is 0 Å². The zero-order valence-electron chi connectivity index (χ0n) is 12.3. The number of furan rings is 1. The number of carbonyl (C=O) groups is 2. The van der Waals surface area contributed by atoms with Gasteiger partial charge in [-0.25, -0.2) is 9.59 Å². The molecular formula is C14H22O7. The van der Waals surface area contributed by atoms with Crippen LogP contribution in [0, 0.1) is 0 Å². The van der Waals surface area contributed by atoms with Crippen LogP contribution in [0.15, 0.2) is 4.42 Å². The molecule has 0 aliphatic carbocycles. The molecule has 21 heavy (non-hydrogen) atoms. The summed E-state index contributed by atoms with van der Waals surface area (Å²) in [5.41, 5.74) is 0.949. The Labute approximate surface area is 122 Å². The fraction of sp³-hybridized carbons (Fsp3) is 0.571. The molecule has 0 atom stereocenters. The minimum Gasteiger partial charge on any atom is -0.475 e. The number of aliphatic hydroxyl groups excluding tert-OH is 2. The van der Waals surface area contributed by atoms with Crippen LogP contribution in [0.25, 0.3) is 0 Å². The molecule has 0 fully saturated rings. The molecule has 0 radical (unpaired) electrons. The molecule has 1 heterocycles.